The molecule has 29 heavy (non-hydrogen) atoms. The van der Waals surface area contributed by atoms with Crippen molar-refractivity contribution in [1.29, 1.82) is 0 Å². The average molecular weight is 393 g/mol. The zero-order valence-electron chi connectivity index (χ0n) is 16.1. The summed E-state index contributed by atoms with van der Waals surface area (Å²) in [4.78, 5) is 36.9. The van der Waals surface area contributed by atoms with E-state index in [-0.39, 0.29) is 48.8 Å². The lowest BCUT2D eigenvalue weighted by molar-refractivity contribution is -0.127. The summed E-state index contributed by atoms with van der Waals surface area (Å²) in [5, 5.41) is 2.72. The highest BCUT2D eigenvalue weighted by molar-refractivity contribution is 5.95. The number of nitrogens with one attached hydrogen (secondary N) is 1. The van der Waals surface area contributed by atoms with Crippen LogP contribution in [0.5, 0.6) is 0 Å². The van der Waals surface area contributed by atoms with Gasteiger partial charge in [0.1, 0.15) is 18.2 Å². The monoisotopic (exact) mass is 393 g/mol. The normalized spacial score (nSPS) is 24.6. The van der Waals surface area contributed by atoms with Crippen LogP contribution in [0, 0.1) is 18.7 Å². The van der Waals surface area contributed by atoms with Gasteiger partial charge in [-0.15, -0.1) is 0 Å². The fourth-order valence-electron chi connectivity index (χ4n) is 4.40. The van der Waals surface area contributed by atoms with Crippen LogP contribution in [0.4, 0.5) is 14.9 Å². The van der Waals surface area contributed by atoms with E-state index in [9.17, 15) is 14.0 Å². The summed E-state index contributed by atoms with van der Waals surface area (Å²) in [6.07, 6.45) is 5.73. The molecule has 1 N–H and O–H groups in total. The number of benzene rings is 1. The minimum absolute atomic E-state index is 0.0294. The smallest absolute Gasteiger partial charge is 0.322 e. The first-order valence-corrected chi connectivity index (χ1v) is 9.58. The molecule has 8 heteroatoms. The third-order valence-corrected chi connectivity index (χ3v) is 5.94. The molecule has 1 aromatic heterocycles. The van der Waals surface area contributed by atoms with Crippen LogP contribution in [0.25, 0.3) is 5.57 Å². The van der Waals surface area contributed by atoms with Crippen molar-refractivity contribution in [1.82, 2.24) is 19.8 Å². The number of aromatic nitrogens is 2. The van der Waals surface area contributed by atoms with Crippen LogP contribution in [-0.4, -0.2) is 50.3 Å². The summed E-state index contributed by atoms with van der Waals surface area (Å²) in [5.41, 5.74) is 3.39. The fraction of sp³-hybridized carbons (Fsp3) is 0.333. The molecule has 0 bridgehead atoms. The minimum atomic E-state index is -0.363. The molecule has 1 fully saturated rings. The first-order chi connectivity index (χ1) is 13.9. The first kappa shape index (κ1) is 17.8. The third-order valence-electron chi connectivity index (χ3n) is 5.94. The zero-order valence-corrected chi connectivity index (χ0v) is 16.1. The van der Waals surface area contributed by atoms with Crippen LogP contribution in [0.1, 0.15) is 23.9 Å². The number of aryl methyl sites for hydroxylation is 1. The van der Waals surface area contributed by atoms with Crippen molar-refractivity contribution < 1.29 is 14.0 Å². The van der Waals surface area contributed by atoms with Gasteiger partial charge in [0.15, 0.2) is 0 Å². The van der Waals surface area contributed by atoms with Crippen LogP contribution in [0.15, 0.2) is 36.7 Å². The number of urea groups is 1. The average Bonchev–Trinajstić information content (AvgIpc) is 3.32. The Morgan fingerprint density at radius 3 is 2.76 bits per heavy atom. The Kier molecular flexibility index (Phi) is 3.90. The molecule has 3 amide bonds. The van der Waals surface area contributed by atoms with Gasteiger partial charge >= 0.3 is 6.03 Å². The van der Waals surface area contributed by atoms with E-state index in [1.165, 1.54) is 17.0 Å². The highest BCUT2D eigenvalue weighted by Gasteiger charge is 2.57. The highest BCUT2D eigenvalue weighted by Crippen LogP contribution is 2.48. The Morgan fingerprint density at radius 2 is 2.07 bits per heavy atom. The molecule has 5 rings (SSSR count). The van der Waals surface area contributed by atoms with Crippen molar-refractivity contribution in [3.05, 3.63) is 59.4 Å². The molecule has 1 saturated heterocycles. The molecule has 148 valence electrons. The second-order valence-corrected chi connectivity index (χ2v) is 7.80. The SMILES string of the molecule is Cc1ncc(C2=C[C@@H]3C([C@@H]2C)N3C(=O)CN2Cc3cc(F)ccc3NC2=O)cn1. The maximum atomic E-state index is 13.5. The fourth-order valence-corrected chi connectivity index (χ4v) is 4.40. The van der Waals surface area contributed by atoms with Crippen molar-refractivity contribution >= 4 is 23.2 Å². The summed E-state index contributed by atoms with van der Waals surface area (Å²) in [5.74, 6) is 0.444. The first-order valence-electron chi connectivity index (χ1n) is 9.58. The number of amides is 3. The maximum absolute atomic E-state index is 13.5. The van der Waals surface area contributed by atoms with Crippen molar-refractivity contribution in [2.24, 2.45) is 5.92 Å². The standard InChI is InChI=1S/C21H20FN5O2/c1-11-16(14-7-23-12(2)24-8-14)6-18-20(11)27(18)19(28)10-26-9-13-5-15(22)3-4-17(13)25-21(26)29/h3-8,11,18,20H,9-10H2,1-2H3,(H,25,29)/t11-,18-,20?,27?/m1/s1. The van der Waals surface area contributed by atoms with Gasteiger partial charge in [0.05, 0.1) is 18.6 Å². The molecule has 3 atom stereocenters. The number of carbonyl (C=O) groups is 2. The van der Waals surface area contributed by atoms with Crippen LogP contribution in [-0.2, 0) is 11.3 Å². The van der Waals surface area contributed by atoms with Crippen LogP contribution in [0.3, 0.4) is 0 Å². The van der Waals surface area contributed by atoms with E-state index >= 15 is 0 Å². The van der Waals surface area contributed by atoms with Crippen LogP contribution in [0.2, 0.25) is 0 Å². The molecule has 0 spiro atoms. The Balaban J connectivity index is 1.28. The lowest BCUT2D eigenvalue weighted by atomic mass is 9.97. The number of halogens is 1. The van der Waals surface area contributed by atoms with Gasteiger partial charge in [-0.2, -0.15) is 0 Å². The molecular formula is C21H20FN5O2. The number of hydrogen-bond acceptors (Lipinski definition) is 4. The Bertz CT molecular complexity index is 1050. The maximum Gasteiger partial charge on any atom is 0.322 e. The highest BCUT2D eigenvalue weighted by atomic mass is 19.1. The molecule has 1 aromatic carbocycles. The molecular weight excluding hydrogens is 373 g/mol. The second kappa shape index (κ2) is 6.37. The van der Waals surface area contributed by atoms with E-state index in [0.29, 0.717) is 11.3 Å². The largest absolute Gasteiger partial charge is 0.327 e. The molecule has 1 unspecified atom stereocenters. The van der Waals surface area contributed by atoms with E-state index in [1.54, 1.807) is 6.07 Å². The zero-order chi connectivity index (χ0) is 20.3. The number of carbonyl (C=O) groups excluding carboxylic acids is 2. The third kappa shape index (κ3) is 2.95. The summed E-state index contributed by atoms with van der Waals surface area (Å²) in [6.45, 7) is 4.12. The van der Waals surface area contributed by atoms with Crippen molar-refractivity contribution in [2.45, 2.75) is 32.5 Å². The number of hydrogen-bond donors (Lipinski definition) is 1. The Labute approximate surface area is 167 Å². The molecule has 2 aliphatic heterocycles. The summed E-state index contributed by atoms with van der Waals surface area (Å²) in [7, 11) is 0. The summed E-state index contributed by atoms with van der Waals surface area (Å²) < 4.78 is 13.5. The number of fused-ring (bicyclic) bond motifs is 2. The van der Waals surface area contributed by atoms with Crippen molar-refractivity contribution in [2.75, 3.05) is 11.9 Å². The molecule has 2 aromatic rings. The van der Waals surface area contributed by atoms with Gasteiger partial charge in [-0.05, 0) is 36.3 Å². The lowest BCUT2D eigenvalue weighted by Gasteiger charge is -2.29. The topological polar surface area (TPSA) is 78.2 Å². The summed E-state index contributed by atoms with van der Waals surface area (Å²) in [6, 6.07) is 4.05. The van der Waals surface area contributed by atoms with Gasteiger partial charge in [0, 0.05) is 29.6 Å². The predicted molar refractivity (Wildman–Crippen MR) is 104 cm³/mol. The van der Waals surface area contributed by atoms with Gasteiger partial charge < -0.3 is 15.1 Å². The van der Waals surface area contributed by atoms with E-state index in [2.05, 4.69) is 28.3 Å². The van der Waals surface area contributed by atoms with E-state index in [0.717, 1.165) is 17.0 Å². The molecule has 7 nitrogen and oxygen atoms in total. The molecule has 3 aliphatic rings. The number of nitrogens with zero attached hydrogens (tertiary/aromatic N) is 4. The quantitative estimate of drug-likeness (QED) is 0.813. The Morgan fingerprint density at radius 1 is 1.31 bits per heavy atom. The van der Waals surface area contributed by atoms with Gasteiger partial charge in [0.2, 0.25) is 5.91 Å². The lowest BCUT2D eigenvalue weighted by Crippen LogP contribution is -2.43. The molecule has 3 heterocycles. The molecule has 0 saturated carbocycles. The molecule has 0 radical (unpaired) electrons. The number of rotatable bonds is 3. The van der Waals surface area contributed by atoms with Gasteiger partial charge in [-0.3, -0.25) is 4.79 Å². The summed E-state index contributed by atoms with van der Waals surface area (Å²) >= 11 is 0. The number of anilines is 1. The van der Waals surface area contributed by atoms with Gasteiger partial charge in [-0.25, -0.2) is 19.2 Å². The van der Waals surface area contributed by atoms with Crippen LogP contribution >= 0.6 is 0 Å². The van der Waals surface area contributed by atoms with E-state index in [1.807, 2.05) is 24.2 Å². The van der Waals surface area contributed by atoms with Crippen LogP contribution < -0.4 is 5.32 Å². The van der Waals surface area contributed by atoms with Gasteiger partial charge in [0.25, 0.3) is 0 Å². The van der Waals surface area contributed by atoms with Crippen molar-refractivity contribution in [3.8, 4) is 0 Å². The predicted octanol–water partition coefficient (Wildman–Crippen LogP) is 2.58. The van der Waals surface area contributed by atoms with Crippen molar-refractivity contribution in [3.63, 3.8) is 0 Å². The Hall–Kier alpha value is -3.29. The second-order valence-electron chi connectivity index (χ2n) is 7.80. The minimum Gasteiger partial charge on any atom is -0.327 e. The molecule has 1 aliphatic carbocycles. The van der Waals surface area contributed by atoms with Gasteiger partial charge in [-0.1, -0.05) is 13.0 Å². The van der Waals surface area contributed by atoms with E-state index in [4.69, 9.17) is 0 Å². The van der Waals surface area contributed by atoms with E-state index < -0.39 is 0 Å².